The predicted octanol–water partition coefficient (Wildman–Crippen LogP) is 2.87. The molecule has 1 heterocycles. The van der Waals surface area contributed by atoms with E-state index in [4.69, 9.17) is 17.3 Å². The number of rotatable bonds is 5. The van der Waals surface area contributed by atoms with Crippen LogP contribution in [-0.4, -0.2) is 23.0 Å². The van der Waals surface area contributed by atoms with Crippen molar-refractivity contribution in [1.29, 1.82) is 0 Å². The number of nitrogen functional groups attached to an aromatic ring is 1. The first-order chi connectivity index (χ1) is 7.17. The van der Waals surface area contributed by atoms with Crippen LogP contribution in [0.4, 0.5) is 11.5 Å². The molecule has 0 saturated heterocycles. The number of nitrogens with two attached hydrogens (primary N) is 1. The van der Waals surface area contributed by atoms with Gasteiger partial charge >= 0.3 is 0 Å². The Hall–Kier alpha value is -0.610. The van der Waals surface area contributed by atoms with Crippen molar-refractivity contribution in [1.82, 2.24) is 4.98 Å². The van der Waals surface area contributed by atoms with Gasteiger partial charge in [-0.2, -0.15) is 11.8 Å². The van der Waals surface area contributed by atoms with Crippen molar-refractivity contribution in [3.8, 4) is 0 Å². The van der Waals surface area contributed by atoms with Gasteiger partial charge in [0.2, 0.25) is 0 Å². The maximum atomic E-state index is 5.81. The van der Waals surface area contributed by atoms with Crippen molar-refractivity contribution in [2.75, 3.05) is 23.1 Å². The van der Waals surface area contributed by atoms with Gasteiger partial charge in [-0.25, -0.2) is 4.98 Å². The summed E-state index contributed by atoms with van der Waals surface area (Å²) in [5.41, 5.74) is 6.44. The molecule has 84 valence electrons. The van der Waals surface area contributed by atoms with Crippen LogP contribution in [0.15, 0.2) is 12.1 Å². The summed E-state index contributed by atoms with van der Waals surface area (Å²) in [5.74, 6) is 1.72. The highest BCUT2D eigenvalue weighted by Crippen LogP contribution is 2.20. The van der Waals surface area contributed by atoms with Gasteiger partial charge in [0.25, 0.3) is 0 Å². The molecule has 1 aromatic rings. The van der Waals surface area contributed by atoms with Crippen LogP contribution < -0.4 is 11.1 Å². The van der Waals surface area contributed by atoms with Gasteiger partial charge in [0.1, 0.15) is 5.15 Å². The highest BCUT2D eigenvalue weighted by molar-refractivity contribution is 7.98. The fourth-order valence-electron chi connectivity index (χ4n) is 1.22. The molecule has 0 aliphatic heterocycles. The van der Waals surface area contributed by atoms with Crippen LogP contribution in [0.2, 0.25) is 5.15 Å². The Morgan fingerprint density at radius 3 is 2.93 bits per heavy atom. The second-order valence-corrected chi connectivity index (χ2v) is 4.57. The molecule has 3 nitrogen and oxygen atoms in total. The molecule has 0 spiro atoms. The number of thioether (sulfide) groups is 1. The van der Waals surface area contributed by atoms with Gasteiger partial charge in [0, 0.05) is 11.8 Å². The number of aromatic nitrogens is 1. The lowest BCUT2D eigenvalue weighted by molar-refractivity contribution is 0.770. The normalized spacial score (nSPS) is 12.5. The monoisotopic (exact) mass is 245 g/mol. The van der Waals surface area contributed by atoms with Crippen molar-refractivity contribution in [2.45, 2.75) is 19.4 Å². The third-order valence-corrected chi connectivity index (χ3v) is 3.04. The molecular weight excluding hydrogens is 230 g/mol. The molecular formula is C10H16ClN3S. The van der Waals surface area contributed by atoms with E-state index >= 15 is 0 Å². The molecule has 1 atom stereocenters. The van der Waals surface area contributed by atoms with Crippen LogP contribution in [0, 0.1) is 0 Å². The summed E-state index contributed by atoms with van der Waals surface area (Å²) in [7, 11) is 0. The van der Waals surface area contributed by atoms with Gasteiger partial charge < -0.3 is 11.1 Å². The molecule has 0 aliphatic rings. The number of pyridine rings is 1. The van der Waals surface area contributed by atoms with Gasteiger partial charge in [0.15, 0.2) is 5.82 Å². The molecule has 15 heavy (non-hydrogen) atoms. The van der Waals surface area contributed by atoms with Crippen LogP contribution in [0.25, 0.3) is 0 Å². The molecule has 1 unspecified atom stereocenters. The third kappa shape index (κ3) is 3.80. The van der Waals surface area contributed by atoms with E-state index in [-0.39, 0.29) is 0 Å². The largest absolute Gasteiger partial charge is 0.396 e. The van der Waals surface area contributed by atoms with Gasteiger partial charge in [-0.3, -0.25) is 0 Å². The number of halogens is 1. The highest BCUT2D eigenvalue weighted by atomic mass is 35.5. The van der Waals surface area contributed by atoms with Crippen LogP contribution in [-0.2, 0) is 0 Å². The lowest BCUT2D eigenvalue weighted by Crippen LogP contribution is -2.22. The average molecular weight is 246 g/mol. The van der Waals surface area contributed by atoms with Crippen LogP contribution in [0.5, 0.6) is 0 Å². The Balaban J connectivity index is 2.73. The lowest BCUT2D eigenvalue weighted by Gasteiger charge is -2.17. The van der Waals surface area contributed by atoms with Gasteiger partial charge in [-0.1, -0.05) is 18.5 Å². The maximum Gasteiger partial charge on any atom is 0.151 e. The Morgan fingerprint density at radius 2 is 2.33 bits per heavy atom. The summed E-state index contributed by atoms with van der Waals surface area (Å²) < 4.78 is 0. The first-order valence-corrected chi connectivity index (χ1v) is 6.62. The second kappa shape index (κ2) is 6.08. The molecule has 0 amide bonds. The smallest absolute Gasteiger partial charge is 0.151 e. The van der Waals surface area contributed by atoms with E-state index in [1.54, 1.807) is 23.9 Å². The average Bonchev–Trinajstić information content (AvgIpc) is 2.22. The molecule has 0 aliphatic carbocycles. The van der Waals surface area contributed by atoms with E-state index in [2.05, 4.69) is 23.5 Å². The Kier molecular flexibility index (Phi) is 5.05. The van der Waals surface area contributed by atoms with Crippen LogP contribution in [0.1, 0.15) is 13.3 Å². The quantitative estimate of drug-likeness (QED) is 0.784. The highest BCUT2D eigenvalue weighted by Gasteiger charge is 2.08. The molecule has 3 N–H and O–H groups in total. The standard InChI is InChI=1S/C10H16ClN3S/c1-3-7(6-15-2)13-10-8(12)4-5-9(11)14-10/h4-5,7H,3,6,12H2,1-2H3,(H,13,14). The van der Waals surface area contributed by atoms with Crippen molar-refractivity contribution in [3.05, 3.63) is 17.3 Å². The molecule has 0 saturated carbocycles. The summed E-state index contributed by atoms with van der Waals surface area (Å²) in [5, 5.41) is 3.76. The minimum Gasteiger partial charge on any atom is -0.396 e. The van der Waals surface area contributed by atoms with Crippen LogP contribution in [0.3, 0.4) is 0 Å². The lowest BCUT2D eigenvalue weighted by atomic mass is 10.2. The molecule has 0 bridgehead atoms. The minimum absolute atomic E-state index is 0.383. The molecule has 0 radical (unpaired) electrons. The number of nitrogens with zero attached hydrogens (tertiary/aromatic N) is 1. The van der Waals surface area contributed by atoms with Crippen molar-refractivity contribution in [2.24, 2.45) is 0 Å². The van der Waals surface area contributed by atoms with Gasteiger partial charge in [0.05, 0.1) is 5.69 Å². The number of anilines is 2. The molecule has 0 fully saturated rings. The summed E-state index contributed by atoms with van der Waals surface area (Å²) in [6, 6.07) is 3.84. The van der Waals surface area contributed by atoms with E-state index < -0.39 is 0 Å². The molecule has 0 aromatic carbocycles. The molecule has 1 aromatic heterocycles. The maximum absolute atomic E-state index is 5.81. The van der Waals surface area contributed by atoms with Crippen molar-refractivity contribution in [3.63, 3.8) is 0 Å². The van der Waals surface area contributed by atoms with Gasteiger partial charge in [-0.15, -0.1) is 0 Å². The van der Waals surface area contributed by atoms with E-state index in [1.807, 2.05) is 0 Å². The molecule has 5 heteroatoms. The Bertz CT molecular complexity index is 320. The third-order valence-electron chi connectivity index (χ3n) is 2.09. The Labute approximate surface area is 99.8 Å². The fourth-order valence-corrected chi connectivity index (χ4v) is 2.09. The SMILES string of the molecule is CCC(CSC)Nc1nc(Cl)ccc1N. The topological polar surface area (TPSA) is 50.9 Å². The van der Waals surface area contributed by atoms with Gasteiger partial charge in [-0.05, 0) is 24.8 Å². The van der Waals surface area contributed by atoms with E-state index in [9.17, 15) is 0 Å². The minimum atomic E-state index is 0.383. The summed E-state index contributed by atoms with van der Waals surface area (Å²) in [6.45, 7) is 2.13. The van der Waals surface area contributed by atoms with E-state index in [0.717, 1.165) is 12.2 Å². The second-order valence-electron chi connectivity index (χ2n) is 3.28. The van der Waals surface area contributed by atoms with Crippen molar-refractivity contribution < 1.29 is 0 Å². The van der Waals surface area contributed by atoms with E-state index in [1.165, 1.54) is 0 Å². The molecule has 1 rings (SSSR count). The first-order valence-electron chi connectivity index (χ1n) is 4.84. The number of hydrogen-bond donors (Lipinski definition) is 2. The zero-order chi connectivity index (χ0) is 11.3. The zero-order valence-electron chi connectivity index (χ0n) is 8.96. The van der Waals surface area contributed by atoms with E-state index in [0.29, 0.717) is 22.7 Å². The predicted molar refractivity (Wildman–Crippen MR) is 69.7 cm³/mol. The zero-order valence-corrected chi connectivity index (χ0v) is 10.5. The summed E-state index contributed by atoms with van der Waals surface area (Å²) >= 11 is 7.61. The summed E-state index contributed by atoms with van der Waals surface area (Å²) in [4.78, 5) is 4.16. The fraction of sp³-hybridized carbons (Fsp3) is 0.500. The van der Waals surface area contributed by atoms with Crippen molar-refractivity contribution >= 4 is 34.9 Å². The first kappa shape index (κ1) is 12.5. The van der Waals surface area contributed by atoms with Crippen LogP contribution >= 0.6 is 23.4 Å². The number of hydrogen-bond acceptors (Lipinski definition) is 4. The number of nitrogens with one attached hydrogen (secondary N) is 1. The summed E-state index contributed by atoms with van der Waals surface area (Å²) in [6.07, 6.45) is 3.12. The Morgan fingerprint density at radius 1 is 1.60 bits per heavy atom.